The van der Waals surface area contributed by atoms with E-state index in [1.54, 1.807) is 51.1 Å². The van der Waals surface area contributed by atoms with Crippen LogP contribution in [0.25, 0.3) is 11.3 Å². The summed E-state index contributed by atoms with van der Waals surface area (Å²) >= 11 is 5.68. The molecule has 0 aliphatic rings. The summed E-state index contributed by atoms with van der Waals surface area (Å²) < 4.78 is 20.1. The number of benzene rings is 1. The summed E-state index contributed by atoms with van der Waals surface area (Å²) in [4.78, 5) is 19.4. The molecule has 0 aliphatic heterocycles. The van der Waals surface area contributed by atoms with Crippen molar-refractivity contribution in [3.63, 3.8) is 0 Å². The van der Waals surface area contributed by atoms with Gasteiger partial charge in [0.1, 0.15) is 5.60 Å². The molecule has 0 atom stereocenters. The van der Waals surface area contributed by atoms with Gasteiger partial charge in [-0.15, -0.1) is 0 Å². The topological polar surface area (TPSA) is 81.9 Å². The van der Waals surface area contributed by atoms with Crippen molar-refractivity contribution in [2.45, 2.75) is 26.4 Å². The van der Waals surface area contributed by atoms with E-state index in [1.165, 1.54) is 6.20 Å². The van der Waals surface area contributed by atoms with Crippen molar-refractivity contribution < 1.29 is 13.9 Å². The van der Waals surface area contributed by atoms with E-state index < -0.39 is 17.5 Å². The van der Waals surface area contributed by atoms with Crippen LogP contribution in [-0.2, 0) is 4.74 Å². The highest BCUT2D eigenvalue weighted by molar-refractivity contribution is 6.28. The predicted molar refractivity (Wildman–Crippen MR) is 99.6 cm³/mol. The highest BCUT2D eigenvalue weighted by Crippen LogP contribution is 2.23. The zero-order valence-corrected chi connectivity index (χ0v) is 15.7. The van der Waals surface area contributed by atoms with Gasteiger partial charge in [0.05, 0.1) is 11.9 Å². The highest BCUT2D eigenvalue weighted by atomic mass is 35.5. The first-order chi connectivity index (χ1) is 12.7. The number of carbonyl (C=O) groups excluding carboxylic acids is 1. The number of aromatic nitrogens is 4. The number of rotatable bonds is 3. The van der Waals surface area contributed by atoms with Gasteiger partial charge < -0.3 is 10.1 Å². The highest BCUT2D eigenvalue weighted by Gasteiger charge is 2.18. The van der Waals surface area contributed by atoms with Gasteiger partial charge in [0.25, 0.3) is 0 Å². The SMILES string of the molecule is CC(C)(C)OC(=O)n1ccc(-c2ccc(Nc3nc(Cl)ncc3F)cc2)n1. The van der Waals surface area contributed by atoms with E-state index in [9.17, 15) is 9.18 Å². The lowest BCUT2D eigenvalue weighted by atomic mass is 10.1. The number of nitrogens with zero attached hydrogens (tertiary/aromatic N) is 4. The number of ether oxygens (including phenoxy) is 1. The molecule has 0 fully saturated rings. The minimum atomic E-state index is -0.611. The van der Waals surface area contributed by atoms with Crippen molar-refractivity contribution in [1.82, 2.24) is 19.7 Å². The molecule has 7 nitrogen and oxygen atoms in total. The lowest BCUT2D eigenvalue weighted by molar-refractivity contribution is 0.0515. The number of hydrogen-bond acceptors (Lipinski definition) is 6. The number of anilines is 2. The molecule has 0 spiro atoms. The van der Waals surface area contributed by atoms with Gasteiger partial charge in [0.2, 0.25) is 5.28 Å². The van der Waals surface area contributed by atoms with Gasteiger partial charge >= 0.3 is 6.09 Å². The van der Waals surface area contributed by atoms with Gasteiger partial charge in [-0.25, -0.2) is 14.2 Å². The molecule has 0 saturated carbocycles. The molecule has 0 amide bonds. The zero-order valence-electron chi connectivity index (χ0n) is 14.9. The average Bonchev–Trinajstić information content (AvgIpc) is 3.08. The van der Waals surface area contributed by atoms with E-state index in [-0.39, 0.29) is 11.1 Å². The number of hydrogen-bond donors (Lipinski definition) is 1. The van der Waals surface area contributed by atoms with E-state index in [1.807, 2.05) is 0 Å². The van der Waals surface area contributed by atoms with Crippen LogP contribution in [0.1, 0.15) is 20.8 Å². The summed E-state index contributed by atoms with van der Waals surface area (Å²) in [7, 11) is 0. The second-order valence-electron chi connectivity index (χ2n) is 6.66. The molecule has 0 aliphatic carbocycles. The predicted octanol–water partition coefficient (Wildman–Crippen LogP) is 4.66. The lowest BCUT2D eigenvalue weighted by Gasteiger charge is -2.18. The quantitative estimate of drug-likeness (QED) is 0.656. The second-order valence-corrected chi connectivity index (χ2v) is 7.00. The molecule has 0 radical (unpaired) electrons. The lowest BCUT2D eigenvalue weighted by Crippen LogP contribution is -2.27. The maximum atomic E-state index is 13.7. The van der Waals surface area contributed by atoms with Crippen LogP contribution in [0.4, 0.5) is 20.7 Å². The second kappa shape index (κ2) is 7.32. The first-order valence-corrected chi connectivity index (χ1v) is 8.43. The van der Waals surface area contributed by atoms with Crippen LogP contribution >= 0.6 is 11.6 Å². The zero-order chi connectivity index (χ0) is 19.6. The summed E-state index contributed by atoms with van der Waals surface area (Å²) in [6.45, 7) is 5.36. The van der Waals surface area contributed by atoms with Crippen molar-refractivity contribution in [2.24, 2.45) is 0 Å². The molecular formula is C18H17ClFN5O2. The van der Waals surface area contributed by atoms with Gasteiger partial charge in [0, 0.05) is 17.4 Å². The summed E-state index contributed by atoms with van der Waals surface area (Å²) in [5, 5.41) is 7.01. The summed E-state index contributed by atoms with van der Waals surface area (Å²) in [6, 6.07) is 8.74. The number of carbonyl (C=O) groups is 1. The maximum absolute atomic E-state index is 13.7. The molecule has 27 heavy (non-hydrogen) atoms. The van der Waals surface area contributed by atoms with Crippen molar-refractivity contribution in [3.8, 4) is 11.3 Å². The first-order valence-electron chi connectivity index (χ1n) is 8.06. The van der Waals surface area contributed by atoms with Gasteiger partial charge in [0.15, 0.2) is 11.6 Å². The Labute approximate surface area is 160 Å². The van der Waals surface area contributed by atoms with E-state index in [0.717, 1.165) is 16.4 Å². The molecule has 2 aromatic heterocycles. The fraction of sp³-hybridized carbons (Fsp3) is 0.222. The maximum Gasteiger partial charge on any atom is 0.435 e. The standard InChI is InChI=1S/C18H17ClFN5O2/c1-18(2,3)27-17(26)25-9-8-14(24-25)11-4-6-12(7-5-11)22-15-13(20)10-21-16(19)23-15/h4-10H,1-3H3,(H,21,22,23). The van der Waals surface area contributed by atoms with Crippen molar-refractivity contribution in [2.75, 3.05) is 5.32 Å². The largest absolute Gasteiger partial charge is 0.442 e. The third-order valence-electron chi connectivity index (χ3n) is 3.33. The van der Waals surface area contributed by atoms with Crippen molar-refractivity contribution in [1.29, 1.82) is 0 Å². The molecule has 9 heteroatoms. The molecule has 3 rings (SSSR count). The molecular weight excluding hydrogens is 373 g/mol. The Kier molecular flexibility index (Phi) is 5.09. The third kappa shape index (κ3) is 4.79. The van der Waals surface area contributed by atoms with Gasteiger partial charge in [-0.2, -0.15) is 14.8 Å². The molecule has 1 aromatic carbocycles. The van der Waals surface area contributed by atoms with Gasteiger partial charge in [-0.05, 0) is 50.6 Å². The minimum absolute atomic E-state index is 0.0167. The van der Waals surface area contributed by atoms with Crippen molar-refractivity contribution >= 4 is 29.2 Å². The molecule has 1 N–H and O–H groups in total. The molecule has 140 valence electrons. The van der Waals surface area contributed by atoms with E-state index in [4.69, 9.17) is 16.3 Å². The van der Waals surface area contributed by atoms with Crippen LogP contribution in [0.15, 0.2) is 42.7 Å². The Balaban J connectivity index is 1.74. The van der Waals surface area contributed by atoms with Crippen LogP contribution in [0.5, 0.6) is 0 Å². The van der Waals surface area contributed by atoms with E-state index in [0.29, 0.717) is 11.4 Å². The molecule has 0 unspecified atom stereocenters. The fourth-order valence-corrected chi connectivity index (χ4v) is 2.32. The Hall–Kier alpha value is -3.00. The fourth-order valence-electron chi connectivity index (χ4n) is 2.18. The van der Waals surface area contributed by atoms with Crippen LogP contribution in [-0.4, -0.2) is 31.4 Å². The monoisotopic (exact) mass is 389 g/mol. The molecule has 0 bridgehead atoms. The third-order valence-corrected chi connectivity index (χ3v) is 3.51. The average molecular weight is 390 g/mol. The van der Waals surface area contributed by atoms with Crippen LogP contribution in [0.3, 0.4) is 0 Å². The Morgan fingerprint density at radius 2 is 1.93 bits per heavy atom. The van der Waals surface area contributed by atoms with Crippen LogP contribution in [0, 0.1) is 5.82 Å². The Bertz CT molecular complexity index is 967. The van der Waals surface area contributed by atoms with Gasteiger partial charge in [-0.1, -0.05) is 12.1 Å². The van der Waals surface area contributed by atoms with Crippen LogP contribution in [0.2, 0.25) is 5.28 Å². The first kappa shape index (κ1) is 18.8. The molecule has 2 heterocycles. The van der Waals surface area contributed by atoms with Crippen molar-refractivity contribution in [3.05, 3.63) is 53.8 Å². The molecule has 3 aromatic rings. The summed E-state index contributed by atoms with van der Waals surface area (Å²) in [5.41, 5.74) is 1.39. The molecule has 0 saturated heterocycles. The summed E-state index contributed by atoms with van der Waals surface area (Å²) in [6.07, 6.45) is 1.98. The van der Waals surface area contributed by atoms with E-state index >= 15 is 0 Å². The number of halogens is 2. The number of nitrogens with one attached hydrogen (secondary N) is 1. The minimum Gasteiger partial charge on any atom is -0.442 e. The van der Waals surface area contributed by atoms with Gasteiger partial charge in [-0.3, -0.25) is 0 Å². The van der Waals surface area contributed by atoms with E-state index in [2.05, 4.69) is 20.4 Å². The summed E-state index contributed by atoms with van der Waals surface area (Å²) in [5.74, 6) is -0.628. The smallest absolute Gasteiger partial charge is 0.435 e. The Morgan fingerprint density at radius 1 is 1.22 bits per heavy atom. The normalized spacial score (nSPS) is 11.3. The van der Waals surface area contributed by atoms with Crippen LogP contribution < -0.4 is 5.32 Å². The Morgan fingerprint density at radius 3 is 2.59 bits per heavy atom.